The van der Waals surface area contributed by atoms with Crippen LogP contribution in [0.4, 0.5) is 16.4 Å². The lowest BCUT2D eigenvalue weighted by molar-refractivity contribution is 0.104. The van der Waals surface area contributed by atoms with E-state index in [0.717, 1.165) is 22.8 Å². The summed E-state index contributed by atoms with van der Waals surface area (Å²) in [6.45, 7) is 0. The minimum absolute atomic E-state index is 0.119. The standard InChI is InChI=1S/C26H21N3O4S/c1-31-19-12-13-22(32-2)20(14-19)24(30)25-23(28)21(15-27)26(34-25)29-16-8-10-18(11-9-16)33-17-6-4-3-5-7-17/h3-14,29H,28H2,1-2H3. The van der Waals surface area contributed by atoms with Gasteiger partial charge in [0, 0.05) is 5.69 Å². The van der Waals surface area contributed by atoms with Crippen molar-refractivity contribution in [3.8, 4) is 29.1 Å². The maximum Gasteiger partial charge on any atom is 0.209 e. The van der Waals surface area contributed by atoms with Gasteiger partial charge in [-0.25, -0.2) is 0 Å². The number of benzene rings is 3. The summed E-state index contributed by atoms with van der Waals surface area (Å²) in [7, 11) is 3.00. The van der Waals surface area contributed by atoms with E-state index in [-0.39, 0.29) is 21.9 Å². The average molecular weight is 472 g/mol. The molecule has 0 fully saturated rings. The fourth-order valence-corrected chi connectivity index (χ4v) is 4.33. The van der Waals surface area contributed by atoms with Crippen molar-refractivity contribution in [2.24, 2.45) is 0 Å². The number of methoxy groups -OCH3 is 2. The van der Waals surface area contributed by atoms with E-state index in [0.29, 0.717) is 27.8 Å². The number of ketones is 1. The van der Waals surface area contributed by atoms with Gasteiger partial charge in [-0.3, -0.25) is 4.79 Å². The number of thiophene rings is 1. The number of ether oxygens (including phenoxy) is 3. The van der Waals surface area contributed by atoms with Crippen molar-refractivity contribution < 1.29 is 19.0 Å². The lowest BCUT2D eigenvalue weighted by atomic mass is 10.1. The Morgan fingerprint density at radius 3 is 2.26 bits per heavy atom. The van der Waals surface area contributed by atoms with E-state index >= 15 is 0 Å². The molecule has 0 atom stereocenters. The topological polar surface area (TPSA) is 107 Å². The highest BCUT2D eigenvalue weighted by Crippen LogP contribution is 2.40. The lowest BCUT2D eigenvalue weighted by Gasteiger charge is -2.09. The molecule has 0 bridgehead atoms. The summed E-state index contributed by atoms with van der Waals surface area (Å²) in [6.07, 6.45) is 0. The molecule has 34 heavy (non-hydrogen) atoms. The molecule has 1 heterocycles. The minimum atomic E-state index is -0.352. The van der Waals surface area contributed by atoms with Crippen molar-refractivity contribution in [1.29, 1.82) is 5.26 Å². The van der Waals surface area contributed by atoms with Gasteiger partial charge in [0.15, 0.2) is 0 Å². The van der Waals surface area contributed by atoms with E-state index in [9.17, 15) is 10.1 Å². The van der Waals surface area contributed by atoms with Crippen LogP contribution in [0.1, 0.15) is 20.8 Å². The monoisotopic (exact) mass is 471 g/mol. The smallest absolute Gasteiger partial charge is 0.209 e. The Morgan fingerprint density at radius 2 is 1.62 bits per heavy atom. The minimum Gasteiger partial charge on any atom is -0.497 e. The summed E-state index contributed by atoms with van der Waals surface area (Å²) in [6, 6.07) is 23.8. The third kappa shape index (κ3) is 4.65. The first-order chi connectivity index (χ1) is 16.5. The number of nitrogens with zero attached hydrogens (tertiary/aromatic N) is 1. The highest BCUT2D eigenvalue weighted by Gasteiger charge is 2.25. The molecule has 7 nitrogen and oxygen atoms in total. The Bertz CT molecular complexity index is 1360. The summed E-state index contributed by atoms with van der Waals surface area (Å²) in [5, 5.41) is 13.4. The molecule has 4 rings (SSSR count). The number of para-hydroxylation sites is 1. The first-order valence-electron chi connectivity index (χ1n) is 10.2. The van der Waals surface area contributed by atoms with Gasteiger partial charge < -0.3 is 25.3 Å². The molecule has 0 unspecified atom stereocenters. The van der Waals surface area contributed by atoms with E-state index in [1.807, 2.05) is 54.6 Å². The molecule has 0 spiro atoms. The molecule has 4 aromatic rings. The van der Waals surface area contributed by atoms with Gasteiger partial charge in [0.1, 0.15) is 44.5 Å². The molecule has 0 aliphatic heterocycles. The molecule has 3 N–H and O–H groups in total. The summed E-state index contributed by atoms with van der Waals surface area (Å²) in [5.41, 5.74) is 7.56. The van der Waals surface area contributed by atoms with Crippen LogP contribution < -0.4 is 25.3 Å². The van der Waals surface area contributed by atoms with Gasteiger partial charge in [0.25, 0.3) is 0 Å². The maximum absolute atomic E-state index is 13.3. The summed E-state index contributed by atoms with van der Waals surface area (Å²) < 4.78 is 16.4. The molecule has 0 aliphatic rings. The van der Waals surface area contributed by atoms with Crippen LogP contribution in [0.5, 0.6) is 23.0 Å². The Labute approximate surface area is 200 Å². The van der Waals surface area contributed by atoms with Crippen LogP contribution in [0.2, 0.25) is 0 Å². The van der Waals surface area contributed by atoms with Gasteiger partial charge in [-0.2, -0.15) is 5.26 Å². The van der Waals surface area contributed by atoms with Crippen LogP contribution in [0, 0.1) is 11.3 Å². The molecule has 0 amide bonds. The van der Waals surface area contributed by atoms with Gasteiger partial charge in [0.2, 0.25) is 5.78 Å². The van der Waals surface area contributed by atoms with Crippen molar-refractivity contribution in [3.63, 3.8) is 0 Å². The second kappa shape index (κ2) is 9.98. The molecule has 0 saturated carbocycles. The van der Waals surface area contributed by atoms with Crippen molar-refractivity contribution in [2.75, 3.05) is 25.3 Å². The number of hydrogen-bond acceptors (Lipinski definition) is 8. The lowest BCUT2D eigenvalue weighted by Crippen LogP contribution is -2.05. The van der Waals surface area contributed by atoms with Crippen LogP contribution in [0.3, 0.4) is 0 Å². The Morgan fingerprint density at radius 1 is 0.941 bits per heavy atom. The highest BCUT2D eigenvalue weighted by molar-refractivity contribution is 7.19. The van der Waals surface area contributed by atoms with Crippen molar-refractivity contribution in [3.05, 3.63) is 88.8 Å². The molecule has 0 radical (unpaired) electrons. The van der Waals surface area contributed by atoms with E-state index in [2.05, 4.69) is 11.4 Å². The predicted molar refractivity (Wildman–Crippen MR) is 133 cm³/mol. The van der Waals surface area contributed by atoms with Crippen LogP contribution in [-0.4, -0.2) is 20.0 Å². The molecule has 8 heteroatoms. The van der Waals surface area contributed by atoms with E-state index in [4.69, 9.17) is 19.9 Å². The van der Waals surface area contributed by atoms with Crippen molar-refractivity contribution in [2.45, 2.75) is 0 Å². The molecule has 3 aromatic carbocycles. The third-order valence-corrected chi connectivity index (χ3v) is 6.13. The van der Waals surface area contributed by atoms with Crippen molar-refractivity contribution in [1.82, 2.24) is 0 Å². The summed E-state index contributed by atoms with van der Waals surface area (Å²) in [5.74, 6) is 1.95. The number of hydrogen-bond donors (Lipinski definition) is 2. The molecule has 0 aliphatic carbocycles. The van der Waals surface area contributed by atoms with E-state index in [1.54, 1.807) is 18.2 Å². The van der Waals surface area contributed by atoms with Gasteiger partial charge in [-0.05, 0) is 54.6 Å². The largest absolute Gasteiger partial charge is 0.497 e. The van der Waals surface area contributed by atoms with Crippen LogP contribution in [0.15, 0.2) is 72.8 Å². The maximum atomic E-state index is 13.3. The van der Waals surface area contributed by atoms with Gasteiger partial charge in [-0.15, -0.1) is 11.3 Å². The zero-order chi connectivity index (χ0) is 24.1. The average Bonchev–Trinajstić information content (AvgIpc) is 3.19. The Balaban J connectivity index is 1.60. The SMILES string of the molecule is COc1ccc(OC)c(C(=O)c2sc(Nc3ccc(Oc4ccccc4)cc3)c(C#N)c2N)c1. The number of nitriles is 1. The first-order valence-corrected chi connectivity index (χ1v) is 11.0. The van der Waals surface area contributed by atoms with Crippen LogP contribution in [0.25, 0.3) is 0 Å². The number of anilines is 3. The Kier molecular flexibility index (Phi) is 6.67. The molecule has 170 valence electrons. The van der Waals surface area contributed by atoms with Gasteiger partial charge >= 0.3 is 0 Å². The predicted octanol–water partition coefficient (Wildman–Crippen LogP) is 5.99. The zero-order valence-corrected chi connectivity index (χ0v) is 19.3. The zero-order valence-electron chi connectivity index (χ0n) is 18.5. The number of nitrogens with one attached hydrogen (secondary N) is 1. The van der Waals surface area contributed by atoms with Crippen molar-refractivity contribution >= 4 is 33.5 Å². The molecule has 0 saturated heterocycles. The van der Waals surface area contributed by atoms with E-state index < -0.39 is 0 Å². The second-order valence-electron chi connectivity index (χ2n) is 7.12. The van der Waals surface area contributed by atoms with Gasteiger partial charge in [-0.1, -0.05) is 18.2 Å². The van der Waals surface area contributed by atoms with Crippen LogP contribution >= 0.6 is 11.3 Å². The second-order valence-corrected chi connectivity index (χ2v) is 8.14. The fraction of sp³-hybridized carbons (Fsp3) is 0.0769. The molecular formula is C26H21N3O4S. The van der Waals surface area contributed by atoms with Gasteiger partial charge in [0.05, 0.1) is 25.5 Å². The summed E-state index contributed by atoms with van der Waals surface area (Å²) in [4.78, 5) is 13.6. The van der Waals surface area contributed by atoms with Crippen LogP contribution in [-0.2, 0) is 0 Å². The third-order valence-electron chi connectivity index (χ3n) is 5.01. The van der Waals surface area contributed by atoms with E-state index in [1.165, 1.54) is 14.2 Å². The number of rotatable bonds is 8. The number of carbonyl (C=O) groups excluding carboxylic acids is 1. The molecule has 1 aromatic heterocycles. The number of nitrogens with two attached hydrogens (primary N) is 1. The Hall–Kier alpha value is -4.48. The summed E-state index contributed by atoms with van der Waals surface area (Å²) >= 11 is 1.11. The number of nitrogen functional groups attached to an aromatic ring is 1. The molecular weight excluding hydrogens is 450 g/mol. The quantitative estimate of drug-likeness (QED) is 0.304. The highest BCUT2D eigenvalue weighted by atomic mass is 32.1. The first kappa shape index (κ1) is 22.7. The number of carbonyl (C=O) groups is 1. The fourth-order valence-electron chi connectivity index (χ4n) is 3.29. The normalized spacial score (nSPS) is 10.3.